The number of likely N-dealkylation sites (N-methyl/N-ethyl adjacent to an activating group) is 1. The molecule has 0 heterocycles. The lowest BCUT2D eigenvalue weighted by Crippen LogP contribution is -2.45. The molecule has 0 aromatic rings. The molecule has 0 aromatic carbocycles. The topological polar surface area (TPSA) is 40.5 Å². The smallest absolute Gasteiger partial charge is 0.229 e. The van der Waals surface area contributed by atoms with Gasteiger partial charge in [0, 0.05) is 12.9 Å². The molecular formula is C9H18ClNO2. The third-order valence-corrected chi connectivity index (χ3v) is 2.83. The molecular weight excluding hydrogens is 190 g/mol. The van der Waals surface area contributed by atoms with Gasteiger partial charge in [-0.1, -0.05) is 0 Å². The van der Waals surface area contributed by atoms with Crippen LogP contribution in [0.2, 0.25) is 0 Å². The number of alkyl halides is 1. The molecule has 4 heteroatoms. The largest absolute Gasteiger partial charge is 0.394 e. The standard InChI is InChI=1S/C9H18ClNO2/c1-7(5-12)11(4)8(13)9(2,3)6-10/h7,12H,5-6H2,1-4H3. The van der Waals surface area contributed by atoms with Crippen molar-refractivity contribution in [3.05, 3.63) is 0 Å². The molecule has 0 aliphatic rings. The second kappa shape index (κ2) is 4.82. The van der Waals surface area contributed by atoms with Crippen LogP contribution in [0.5, 0.6) is 0 Å². The Bertz CT molecular complexity index is 182. The van der Waals surface area contributed by atoms with Gasteiger partial charge >= 0.3 is 0 Å². The van der Waals surface area contributed by atoms with Crippen molar-refractivity contribution in [1.29, 1.82) is 0 Å². The molecule has 0 saturated carbocycles. The highest BCUT2D eigenvalue weighted by atomic mass is 35.5. The number of rotatable bonds is 4. The summed E-state index contributed by atoms with van der Waals surface area (Å²) in [6.07, 6.45) is 0. The maximum absolute atomic E-state index is 11.7. The Morgan fingerprint density at radius 1 is 1.62 bits per heavy atom. The summed E-state index contributed by atoms with van der Waals surface area (Å²) in [5.41, 5.74) is -0.556. The molecule has 78 valence electrons. The number of aliphatic hydroxyl groups is 1. The Morgan fingerprint density at radius 2 is 2.08 bits per heavy atom. The first-order chi connectivity index (χ1) is 5.86. The summed E-state index contributed by atoms with van der Waals surface area (Å²) in [4.78, 5) is 13.3. The van der Waals surface area contributed by atoms with Crippen LogP contribution in [-0.4, -0.2) is 41.5 Å². The first-order valence-corrected chi connectivity index (χ1v) is 4.84. The average molecular weight is 208 g/mol. The predicted octanol–water partition coefficient (Wildman–Crippen LogP) is 1.09. The summed E-state index contributed by atoms with van der Waals surface area (Å²) in [7, 11) is 1.68. The second-order valence-electron chi connectivity index (χ2n) is 3.97. The fraction of sp³-hybridized carbons (Fsp3) is 0.889. The van der Waals surface area contributed by atoms with Gasteiger partial charge in [-0.2, -0.15) is 0 Å². The number of nitrogens with zero attached hydrogens (tertiary/aromatic N) is 1. The third-order valence-electron chi connectivity index (χ3n) is 2.16. The molecule has 0 rings (SSSR count). The van der Waals surface area contributed by atoms with E-state index in [1.54, 1.807) is 27.8 Å². The molecule has 1 atom stereocenters. The summed E-state index contributed by atoms with van der Waals surface area (Å²) < 4.78 is 0. The Balaban J connectivity index is 4.42. The fourth-order valence-corrected chi connectivity index (χ4v) is 0.972. The molecule has 3 nitrogen and oxygen atoms in total. The quantitative estimate of drug-likeness (QED) is 0.702. The van der Waals surface area contributed by atoms with Crippen molar-refractivity contribution in [1.82, 2.24) is 4.90 Å². The number of hydrogen-bond donors (Lipinski definition) is 1. The van der Waals surface area contributed by atoms with Gasteiger partial charge in [0.15, 0.2) is 0 Å². The van der Waals surface area contributed by atoms with Crippen molar-refractivity contribution in [3.8, 4) is 0 Å². The lowest BCUT2D eigenvalue weighted by atomic mass is 9.94. The molecule has 1 unspecified atom stereocenters. The minimum absolute atomic E-state index is 0.0272. The normalized spacial score (nSPS) is 14.0. The first-order valence-electron chi connectivity index (χ1n) is 4.31. The van der Waals surface area contributed by atoms with Gasteiger partial charge in [0.2, 0.25) is 5.91 Å². The van der Waals surface area contributed by atoms with Crippen molar-refractivity contribution in [2.24, 2.45) is 5.41 Å². The summed E-state index contributed by atoms with van der Waals surface area (Å²) in [5, 5.41) is 8.87. The third kappa shape index (κ3) is 3.16. The molecule has 1 N–H and O–H groups in total. The minimum atomic E-state index is -0.556. The Hall–Kier alpha value is -0.280. The van der Waals surface area contributed by atoms with Gasteiger partial charge in [-0.15, -0.1) is 11.6 Å². The van der Waals surface area contributed by atoms with Crippen LogP contribution < -0.4 is 0 Å². The van der Waals surface area contributed by atoms with E-state index in [0.717, 1.165) is 0 Å². The van der Waals surface area contributed by atoms with Crippen molar-refractivity contribution in [3.63, 3.8) is 0 Å². The molecule has 1 amide bonds. The highest BCUT2D eigenvalue weighted by Crippen LogP contribution is 2.20. The average Bonchev–Trinajstić information content (AvgIpc) is 2.14. The summed E-state index contributed by atoms with van der Waals surface area (Å²) >= 11 is 5.67. The van der Waals surface area contributed by atoms with Gasteiger partial charge in [0.1, 0.15) is 0 Å². The Morgan fingerprint density at radius 3 is 2.38 bits per heavy atom. The van der Waals surface area contributed by atoms with Crippen LogP contribution in [0.25, 0.3) is 0 Å². The number of amides is 1. The highest BCUT2D eigenvalue weighted by molar-refractivity contribution is 6.19. The van der Waals surface area contributed by atoms with Gasteiger partial charge in [0.05, 0.1) is 18.1 Å². The lowest BCUT2D eigenvalue weighted by molar-refractivity contribution is -0.140. The van der Waals surface area contributed by atoms with Gasteiger partial charge in [-0.05, 0) is 20.8 Å². The predicted molar refractivity (Wildman–Crippen MR) is 53.8 cm³/mol. The van der Waals surface area contributed by atoms with E-state index in [1.165, 1.54) is 4.90 Å². The van der Waals surface area contributed by atoms with Gasteiger partial charge in [-0.25, -0.2) is 0 Å². The summed E-state index contributed by atoms with van der Waals surface area (Å²) in [6, 6.07) is -0.157. The highest BCUT2D eigenvalue weighted by Gasteiger charge is 2.31. The maximum Gasteiger partial charge on any atom is 0.229 e. The number of carbonyl (C=O) groups excluding carboxylic acids is 1. The van der Waals surface area contributed by atoms with E-state index < -0.39 is 5.41 Å². The summed E-state index contributed by atoms with van der Waals surface area (Å²) in [6.45, 7) is 5.36. The van der Waals surface area contributed by atoms with E-state index in [0.29, 0.717) is 0 Å². The lowest BCUT2D eigenvalue weighted by Gasteiger charge is -2.31. The van der Waals surface area contributed by atoms with E-state index in [1.807, 2.05) is 0 Å². The summed E-state index contributed by atoms with van der Waals surface area (Å²) in [5.74, 6) is 0.248. The zero-order valence-electron chi connectivity index (χ0n) is 8.67. The number of hydrogen-bond acceptors (Lipinski definition) is 2. The van der Waals surface area contributed by atoms with Crippen LogP contribution in [0, 0.1) is 5.41 Å². The molecule has 0 fully saturated rings. The molecule has 0 aliphatic heterocycles. The van der Waals surface area contributed by atoms with E-state index in [4.69, 9.17) is 16.7 Å². The van der Waals surface area contributed by atoms with Crippen LogP contribution in [0.4, 0.5) is 0 Å². The fourth-order valence-electron chi connectivity index (χ4n) is 0.857. The molecule has 0 aromatic heterocycles. The van der Waals surface area contributed by atoms with Gasteiger partial charge < -0.3 is 10.0 Å². The van der Waals surface area contributed by atoms with Crippen LogP contribution in [0.15, 0.2) is 0 Å². The van der Waals surface area contributed by atoms with Crippen molar-refractivity contribution in [2.75, 3.05) is 19.5 Å². The Labute approximate surface area is 84.7 Å². The zero-order valence-corrected chi connectivity index (χ0v) is 9.43. The van der Waals surface area contributed by atoms with Crippen LogP contribution in [0.1, 0.15) is 20.8 Å². The van der Waals surface area contributed by atoms with Crippen LogP contribution >= 0.6 is 11.6 Å². The SMILES string of the molecule is CC(CO)N(C)C(=O)C(C)(C)CCl. The molecule has 0 radical (unpaired) electrons. The van der Waals surface area contributed by atoms with E-state index >= 15 is 0 Å². The Kier molecular flexibility index (Phi) is 4.71. The molecule has 0 aliphatic carbocycles. The van der Waals surface area contributed by atoms with Gasteiger partial charge in [0.25, 0.3) is 0 Å². The van der Waals surface area contributed by atoms with Crippen molar-refractivity contribution >= 4 is 17.5 Å². The molecule has 0 spiro atoms. The number of carbonyl (C=O) groups is 1. The molecule has 0 saturated heterocycles. The number of halogens is 1. The minimum Gasteiger partial charge on any atom is -0.394 e. The van der Waals surface area contributed by atoms with Gasteiger partial charge in [-0.3, -0.25) is 4.79 Å². The maximum atomic E-state index is 11.7. The monoisotopic (exact) mass is 207 g/mol. The molecule has 0 bridgehead atoms. The second-order valence-corrected chi connectivity index (χ2v) is 4.23. The first kappa shape index (κ1) is 12.7. The van der Waals surface area contributed by atoms with Crippen molar-refractivity contribution in [2.45, 2.75) is 26.8 Å². The van der Waals surface area contributed by atoms with E-state index in [-0.39, 0.29) is 24.4 Å². The van der Waals surface area contributed by atoms with Crippen LogP contribution in [-0.2, 0) is 4.79 Å². The molecule has 13 heavy (non-hydrogen) atoms. The number of aliphatic hydroxyl groups excluding tert-OH is 1. The van der Waals surface area contributed by atoms with E-state index in [2.05, 4.69) is 0 Å². The van der Waals surface area contributed by atoms with Crippen LogP contribution in [0.3, 0.4) is 0 Å². The zero-order chi connectivity index (χ0) is 10.6. The van der Waals surface area contributed by atoms with Crippen molar-refractivity contribution < 1.29 is 9.90 Å². The van der Waals surface area contributed by atoms with E-state index in [9.17, 15) is 4.79 Å².